The van der Waals surface area contributed by atoms with Crippen molar-refractivity contribution in [3.63, 3.8) is 0 Å². The lowest BCUT2D eigenvalue weighted by molar-refractivity contribution is -0.909. The number of rotatable bonds is 5. The molecular weight excluding hydrogens is 356 g/mol. The molecule has 4 nitrogen and oxygen atoms in total. The normalized spacial score (nSPS) is 21.4. The lowest BCUT2D eigenvalue weighted by atomic mass is 9.90. The number of aryl methyl sites for hydroxylation is 1. The van der Waals surface area contributed by atoms with E-state index in [1.54, 1.807) is 11.3 Å². The average Bonchev–Trinajstić information content (AvgIpc) is 3.12. The Hall–Kier alpha value is -1.69. The van der Waals surface area contributed by atoms with Gasteiger partial charge >= 0.3 is 0 Å². The zero-order valence-electron chi connectivity index (χ0n) is 16.0. The number of hydrogen-bond acceptors (Lipinski definition) is 3. The molecule has 2 heterocycles. The van der Waals surface area contributed by atoms with Crippen LogP contribution in [0.3, 0.4) is 0 Å². The summed E-state index contributed by atoms with van der Waals surface area (Å²) >= 11 is 1.69. The zero-order chi connectivity index (χ0) is 18.6. The van der Waals surface area contributed by atoms with Crippen molar-refractivity contribution in [1.82, 2.24) is 5.32 Å². The van der Waals surface area contributed by atoms with Crippen LogP contribution < -0.4 is 10.2 Å². The van der Waals surface area contributed by atoms with Crippen molar-refractivity contribution in [2.45, 2.75) is 32.2 Å². The van der Waals surface area contributed by atoms with E-state index in [1.807, 2.05) is 18.2 Å². The molecule has 1 aromatic carbocycles. The maximum Gasteiger partial charge on any atom is 0.262 e. The smallest absolute Gasteiger partial charge is 0.262 e. The van der Waals surface area contributed by atoms with Gasteiger partial charge < -0.3 is 15.0 Å². The fraction of sp³-hybridized carbons (Fsp3) is 0.500. The number of thiophene rings is 1. The van der Waals surface area contributed by atoms with Crippen LogP contribution in [0.15, 0.2) is 36.4 Å². The molecule has 1 fully saturated rings. The minimum Gasteiger partial charge on any atom is -0.370 e. The summed E-state index contributed by atoms with van der Waals surface area (Å²) in [4.78, 5) is 16.8. The van der Waals surface area contributed by atoms with Gasteiger partial charge in [-0.05, 0) is 42.4 Å². The first-order valence-corrected chi connectivity index (χ1v) is 10.9. The van der Waals surface area contributed by atoms with Gasteiger partial charge in [-0.2, -0.15) is 0 Å². The number of carbonyl (C=O) groups is 1. The molecule has 1 amide bonds. The minimum atomic E-state index is 0.0323. The predicted molar refractivity (Wildman–Crippen MR) is 109 cm³/mol. The van der Waals surface area contributed by atoms with Crippen molar-refractivity contribution >= 4 is 17.2 Å². The second-order valence-electron chi connectivity index (χ2n) is 7.91. The van der Waals surface area contributed by atoms with E-state index in [2.05, 4.69) is 30.4 Å². The van der Waals surface area contributed by atoms with Gasteiger partial charge in [0, 0.05) is 4.88 Å². The van der Waals surface area contributed by atoms with E-state index in [0.29, 0.717) is 0 Å². The Morgan fingerprint density at radius 1 is 1.30 bits per heavy atom. The summed E-state index contributed by atoms with van der Waals surface area (Å²) in [5.74, 6) is 0.800. The number of carbonyl (C=O) groups excluding carboxylic acids is 1. The molecule has 2 N–H and O–H groups in total. The topological polar surface area (TPSA) is 42.8 Å². The highest BCUT2D eigenvalue weighted by Gasteiger charge is 2.25. The second-order valence-corrected chi connectivity index (χ2v) is 9.05. The molecule has 2 aromatic rings. The van der Waals surface area contributed by atoms with Crippen molar-refractivity contribution in [2.75, 3.05) is 32.8 Å². The van der Waals surface area contributed by atoms with Gasteiger partial charge in [-0.1, -0.05) is 37.3 Å². The molecule has 0 unspecified atom stereocenters. The summed E-state index contributed by atoms with van der Waals surface area (Å²) in [6, 6.07) is 12.5. The molecule has 144 valence electrons. The Kier molecular flexibility index (Phi) is 5.91. The SMILES string of the molecule is C[C@@H]1CCc2sc(C(=O)N[C@H](C[NH+]3CCOCC3)c3ccccc3)cc2C1. The highest BCUT2D eigenvalue weighted by atomic mass is 32.1. The quantitative estimate of drug-likeness (QED) is 0.829. The molecule has 1 aliphatic heterocycles. The van der Waals surface area contributed by atoms with Crippen LogP contribution in [0.25, 0.3) is 0 Å². The van der Waals surface area contributed by atoms with Crippen molar-refractivity contribution in [3.05, 3.63) is 57.3 Å². The first-order chi connectivity index (χ1) is 13.2. The van der Waals surface area contributed by atoms with Gasteiger partial charge in [0.1, 0.15) is 25.7 Å². The molecule has 0 saturated carbocycles. The highest BCUT2D eigenvalue weighted by Crippen LogP contribution is 2.32. The first-order valence-electron chi connectivity index (χ1n) is 10.1. The summed E-state index contributed by atoms with van der Waals surface area (Å²) in [5, 5.41) is 3.33. The third-order valence-electron chi connectivity index (χ3n) is 5.75. The lowest BCUT2D eigenvalue weighted by Gasteiger charge is -2.28. The van der Waals surface area contributed by atoms with Gasteiger partial charge in [-0.25, -0.2) is 0 Å². The van der Waals surface area contributed by atoms with Crippen molar-refractivity contribution in [2.24, 2.45) is 5.92 Å². The van der Waals surface area contributed by atoms with Gasteiger partial charge in [0.15, 0.2) is 0 Å². The lowest BCUT2D eigenvalue weighted by Crippen LogP contribution is -3.14. The first kappa shape index (κ1) is 18.7. The molecule has 1 aliphatic carbocycles. The molecule has 1 saturated heterocycles. The zero-order valence-corrected chi connectivity index (χ0v) is 16.8. The Morgan fingerprint density at radius 3 is 2.85 bits per heavy atom. The van der Waals surface area contributed by atoms with Gasteiger partial charge in [-0.3, -0.25) is 4.79 Å². The van der Waals surface area contributed by atoms with Crippen LogP contribution in [0, 0.1) is 5.92 Å². The van der Waals surface area contributed by atoms with Crippen LogP contribution in [0.4, 0.5) is 0 Å². The van der Waals surface area contributed by atoms with Crippen LogP contribution in [0.5, 0.6) is 0 Å². The van der Waals surface area contributed by atoms with E-state index in [0.717, 1.165) is 56.5 Å². The van der Waals surface area contributed by atoms with Crippen LogP contribution in [-0.2, 0) is 17.6 Å². The molecule has 0 bridgehead atoms. The summed E-state index contributed by atoms with van der Waals surface area (Å²) in [6.45, 7) is 6.83. The monoisotopic (exact) mass is 385 g/mol. The fourth-order valence-electron chi connectivity index (χ4n) is 4.14. The molecule has 0 spiro atoms. The number of morpholine rings is 1. The number of fused-ring (bicyclic) bond motifs is 1. The van der Waals surface area contributed by atoms with E-state index < -0.39 is 0 Å². The van der Waals surface area contributed by atoms with E-state index in [-0.39, 0.29) is 11.9 Å². The number of benzene rings is 1. The summed E-state index contributed by atoms with van der Waals surface area (Å²) in [6.07, 6.45) is 3.47. The minimum absolute atomic E-state index is 0.0323. The number of ether oxygens (including phenoxy) is 1. The third kappa shape index (κ3) is 4.60. The second kappa shape index (κ2) is 8.55. The standard InChI is InChI=1S/C22H28N2O2S/c1-16-7-8-20-18(13-16)14-21(27-20)22(25)23-19(17-5-3-2-4-6-17)15-24-9-11-26-12-10-24/h2-6,14,16,19H,7-13,15H2,1H3,(H,23,25)/p+1/t16-,19-/m1/s1. The summed E-state index contributed by atoms with van der Waals surface area (Å²) < 4.78 is 5.49. The molecule has 4 rings (SSSR count). The van der Waals surface area contributed by atoms with Crippen molar-refractivity contribution < 1.29 is 14.4 Å². The molecule has 27 heavy (non-hydrogen) atoms. The predicted octanol–water partition coefficient (Wildman–Crippen LogP) is 2.26. The van der Waals surface area contributed by atoms with Crippen LogP contribution >= 0.6 is 11.3 Å². The van der Waals surface area contributed by atoms with Crippen LogP contribution in [0.1, 0.15) is 45.1 Å². The van der Waals surface area contributed by atoms with Gasteiger partial charge in [-0.15, -0.1) is 11.3 Å². The van der Waals surface area contributed by atoms with Gasteiger partial charge in [0.2, 0.25) is 0 Å². The number of quaternary nitrogens is 1. The number of hydrogen-bond donors (Lipinski definition) is 2. The van der Waals surface area contributed by atoms with E-state index in [9.17, 15) is 4.79 Å². The number of nitrogens with one attached hydrogen (secondary N) is 2. The molecule has 2 atom stereocenters. The fourth-order valence-corrected chi connectivity index (χ4v) is 5.25. The Balaban J connectivity index is 1.49. The van der Waals surface area contributed by atoms with Crippen LogP contribution in [0.2, 0.25) is 0 Å². The summed E-state index contributed by atoms with van der Waals surface area (Å²) in [5.41, 5.74) is 2.57. The Labute approximate surface area is 165 Å². The van der Waals surface area contributed by atoms with E-state index in [1.165, 1.54) is 27.3 Å². The van der Waals surface area contributed by atoms with Gasteiger partial charge in [0.05, 0.1) is 18.1 Å². The van der Waals surface area contributed by atoms with E-state index in [4.69, 9.17) is 4.74 Å². The molecule has 0 radical (unpaired) electrons. The Morgan fingerprint density at radius 2 is 2.07 bits per heavy atom. The molecule has 5 heteroatoms. The van der Waals surface area contributed by atoms with Crippen molar-refractivity contribution in [1.29, 1.82) is 0 Å². The largest absolute Gasteiger partial charge is 0.370 e. The van der Waals surface area contributed by atoms with Gasteiger partial charge in [0.25, 0.3) is 5.91 Å². The third-order valence-corrected chi connectivity index (χ3v) is 6.99. The maximum atomic E-state index is 13.0. The molecular formula is C22H29N2O2S+. The van der Waals surface area contributed by atoms with E-state index >= 15 is 0 Å². The van der Waals surface area contributed by atoms with Crippen molar-refractivity contribution in [3.8, 4) is 0 Å². The summed E-state index contributed by atoms with van der Waals surface area (Å²) in [7, 11) is 0. The molecule has 2 aliphatic rings. The van der Waals surface area contributed by atoms with Crippen LogP contribution in [-0.4, -0.2) is 38.8 Å². The highest BCUT2D eigenvalue weighted by molar-refractivity contribution is 7.14. The number of amides is 1. The Bertz CT molecular complexity index is 768. The average molecular weight is 386 g/mol. The molecule has 1 aromatic heterocycles. The maximum absolute atomic E-state index is 13.0.